The van der Waals surface area contributed by atoms with Crippen molar-refractivity contribution in [2.24, 2.45) is 16.7 Å². The van der Waals surface area contributed by atoms with Crippen LogP contribution in [0.4, 0.5) is 0 Å². The van der Waals surface area contributed by atoms with E-state index in [1.807, 2.05) is 4.68 Å². The molecule has 0 aliphatic heterocycles. The minimum Gasteiger partial charge on any atom is -0.310 e. The fraction of sp³-hybridized carbons (Fsp3) is 0.857. The summed E-state index contributed by atoms with van der Waals surface area (Å²) < 4.78 is 2.00. The van der Waals surface area contributed by atoms with Crippen molar-refractivity contribution in [1.29, 1.82) is 0 Å². The van der Waals surface area contributed by atoms with Crippen LogP contribution in [0.3, 0.4) is 0 Å². The fourth-order valence-electron chi connectivity index (χ4n) is 3.00. The maximum atomic E-state index is 4.31. The molecule has 0 aromatic carbocycles. The lowest BCUT2D eigenvalue weighted by Gasteiger charge is -2.07. The Balaban J connectivity index is 1.81. The van der Waals surface area contributed by atoms with Gasteiger partial charge < -0.3 is 5.32 Å². The summed E-state index contributed by atoms with van der Waals surface area (Å²) in [4.78, 5) is 4.31. The van der Waals surface area contributed by atoms with Gasteiger partial charge in [0.15, 0.2) is 0 Å². The second-order valence-corrected chi connectivity index (χ2v) is 6.53. The molecule has 1 aliphatic rings. The van der Waals surface area contributed by atoms with E-state index < -0.39 is 0 Å². The molecule has 4 heteroatoms. The highest BCUT2D eigenvalue weighted by Gasteiger charge is 2.63. The van der Waals surface area contributed by atoms with Crippen molar-refractivity contribution in [3.63, 3.8) is 0 Å². The third-order valence-corrected chi connectivity index (χ3v) is 5.08. The SMILES string of the molecule is CCCn1ncnc1CNCC1C(C)(C)C1(C)C. The van der Waals surface area contributed by atoms with Gasteiger partial charge in [0.05, 0.1) is 6.54 Å². The largest absolute Gasteiger partial charge is 0.310 e. The summed E-state index contributed by atoms with van der Waals surface area (Å²) in [6.45, 7) is 14.4. The third kappa shape index (κ3) is 2.18. The Morgan fingerprint density at radius 1 is 1.28 bits per heavy atom. The maximum Gasteiger partial charge on any atom is 0.140 e. The zero-order valence-corrected chi connectivity index (χ0v) is 12.3. The van der Waals surface area contributed by atoms with Gasteiger partial charge in [-0.25, -0.2) is 9.67 Å². The van der Waals surface area contributed by atoms with Crippen LogP contribution in [0.25, 0.3) is 0 Å². The van der Waals surface area contributed by atoms with E-state index in [1.54, 1.807) is 6.33 Å². The summed E-state index contributed by atoms with van der Waals surface area (Å²) >= 11 is 0. The first kappa shape index (κ1) is 13.5. The molecule has 1 fully saturated rings. The zero-order valence-electron chi connectivity index (χ0n) is 12.3. The van der Waals surface area contributed by atoms with Gasteiger partial charge in [0, 0.05) is 6.54 Å². The van der Waals surface area contributed by atoms with E-state index in [0.717, 1.165) is 37.8 Å². The predicted molar refractivity (Wildman–Crippen MR) is 73.1 cm³/mol. The molecule has 1 aromatic rings. The van der Waals surface area contributed by atoms with Crippen molar-refractivity contribution in [3.05, 3.63) is 12.2 Å². The van der Waals surface area contributed by atoms with Gasteiger partial charge in [-0.05, 0) is 29.7 Å². The first-order valence-corrected chi connectivity index (χ1v) is 6.98. The highest BCUT2D eigenvalue weighted by Crippen LogP contribution is 2.67. The molecular weight excluding hydrogens is 224 g/mol. The highest BCUT2D eigenvalue weighted by molar-refractivity contribution is 5.12. The third-order valence-electron chi connectivity index (χ3n) is 5.08. The molecule has 4 nitrogen and oxygen atoms in total. The molecule has 0 bridgehead atoms. The summed E-state index contributed by atoms with van der Waals surface area (Å²) in [5.74, 6) is 1.81. The Morgan fingerprint density at radius 3 is 2.50 bits per heavy atom. The van der Waals surface area contributed by atoms with Gasteiger partial charge in [0.1, 0.15) is 12.2 Å². The van der Waals surface area contributed by atoms with Crippen LogP contribution in [0.15, 0.2) is 6.33 Å². The standard InChI is InChI=1S/C14H26N4/c1-6-7-18-12(16-10-17-18)9-15-8-11-13(2,3)14(11,4)5/h10-11,15H,6-9H2,1-5H3. The lowest BCUT2D eigenvalue weighted by atomic mass is 10.0. The van der Waals surface area contributed by atoms with Gasteiger partial charge >= 0.3 is 0 Å². The van der Waals surface area contributed by atoms with Crippen LogP contribution in [0.1, 0.15) is 46.9 Å². The number of rotatable bonds is 6. The average Bonchev–Trinajstić information content (AvgIpc) is 2.66. The molecule has 0 atom stereocenters. The van der Waals surface area contributed by atoms with Gasteiger partial charge in [0.25, 0.3) is 0 Å². The lowest BCUT2D eigenvalue weighted by molar-refractivity contribution is 0.457. The number of hydrogen-bond acceptors (Lipinski definition) is 3. The van der Waals surface area contributed by atoms with E-state index in [0.29, 0.717) is 10.8 Å². The van der Waals surface area contributed by atoms with Crippen LogP contribution in [0.5, 0.6) is 0 Å². The Bertz CT molecular complexity index is 392. The molecule has 0 spiro atoms. The molecule has 18 heavy (non-hydrogen) atoms. The minimum atomic E-state index is 0.455. The molecular formula is C14H26N4. The summed E-state index contributed by atoms with van der Waals surface area (Å²) in [7, 11) is 0. The zero-order chi connectivity index (χ0) is 13.4. The van der Waals surface area contributed by atoms with E-state index in [1.165, 1.54) is 0 Å². The van der Waals surface area contributed by atoms with Gasteiger partial charge in [-0.1, -0.05) is 34.6 Å². The van der Waals surface area contributed by atoms with E-state index in [2.05, 4.69) is 50.0 Å². The van der Waals surface area contributed by atoms with Crippen LogP contribution in [-0.4, -0.2) is 21.3 Å². The molecule has 1 aliphatic carbocycles. The fourth-order valence-corrected chi connectivity index (χ4v) is 3.00. The van der Waals surface area contributed by atoms with Gasteiger partial charge in [-0.2, -0.15) is 5.10 Å². The molecule has 0 saturated heterocycles. The molecule has 1 saturated carbocycles. The van der Waals surface area contributed by atoms with Gasteiger partial charge in [-0.15, -0.1) is 0 Å². The van der Waals surface area contributed by atoms with E-state index >= 15 is 0 Å². The smallest absolute Gasteiger partial charge is 0.140 e. The van der Waals surface area contributed by atoms with Crippen LogP contribution in [0.2, 0.25) is 0 Å². The molecule has 2 rings (SSSR count). The van der Waals surface area contributed by atoms with E-state index in [9.17, 15) is 0 Å². The lowest BCUT2D eigenvalue weighted by Crippen LogP contribution is -2.21. The van der Waals surface area contributed by atoms with Crippen LogP contribution in [0, 0.1) is 16.7 Å². The number of nitrogens with zero attached hydrogens (tertiary/aromatic N) is 3. The van der Waals surface area contributed by atoms with Crippen molar-refractivity contribution < 1.29 is 0 Å². The Kier molecular flexibility index (Phi) is 3.49. The average molecular weight is 250 g/mol. The second-order valence-electron chi connectivity index (χ2n) is 6.53. The van der Waals surface area contributed by atoms with Crippen LogP contribution < -0.4 is 5.32 Å². The van der Waals surface area contributed by atoms with Crippen molar-refractivity contribution in [3.8, 4) is 0 Å². The summed E-state index contributed by atoms with van der Waals surface area (Å²) in [5, 5.41) is 7.78. The molecule has 1 N–H and O–H groups in total. The van der Waals surface area contributed by atoms with E-state index in [4.69, 9.17) is 0 Å². The van der Waals surface area contributed by atoms with Crippen molar-refractivity contribution in [1.82, 2.24) is 20.1 Å². The number of hydrogen-bond donors (Lipinski definition) is 1. The van der Waals surface area contributed by atoms with Crippen molar-refractivity contribution >= 4 is 0 Å². The quantitative estimate of drug-likeness (QED) is 0.843. The first-order valence-electron chi connectivity index (χ1n) is 6.98. The molecule has 0 amide bonds. The second kappa shape index (κ2) is 4.65. The van der Waals surface area contributed by atoms with Gasteiger partial charge in [-0.3, -0.25) is 0 Å². The van der Waals surface area contributed by atoms with Crippen molar-refractivity contribution in [2.45, 2.75) is 54.1 Å². The number of aryl methyl sites for hydroxylation is 1. The molecule has 0 unspecified atom stereocenters. The summed E-state index contributed by atoms with van der Waals surface area (Å²) in [6, 6.07) is 0. The van der Waals surface area contributed by atoms with E-state index in [-0.39, 0.29) is 0 Å². The Morgan fingerprint density at radius 2 is 1.94 bits per heavy atom. The normalized spacial score (nSPS) is 21.2. The Hall–Kier alpha value is -0.900. The van der Waals surface area contributed by atoms with Crippen LogP contribution in [-0.2, 0) is 13.1 Å². The number of aromatic nitrogens is 3. The highest BCUT2D eigenvalue weighted by atomic mass is 15.3. The first-order chi connectivity index (χ1) is 8.41. The number of nitrogens with one attached hydrogen (secondary N) is 1. The van der Waals surface area contributed by atoms with Crippen LogP contribution >= 0.6 is 0 Å². The summed E-state index contributed by atoms with van der Waals surface area (Å²) in [5.41, 5.74) is 0.911. The predicted octanol–water partition coefficient (Wildman–Crippen LogP) is 2.46. The molecule has 102 valence electrons. The monoisotopic (exact) mass is 250 g/mol. The summed E-state index contributed by atoms with van der Waals surface area (Å²) in [6.07, 6.45) is 2.75. The molecule has 1 heterocycles. The van der Waals surface area contributed by atoms with Gasteiger partial charge in [0.2, 0.25) is 0 Å². The van der Waals surface area contributed by atoms with Crippen molar-refractivity contribution in [2.75, 3.05) is 6.54 Å². The topological polar surface area (TPSA) is 42.7 Å². The minimum absolute atomic E-state index is 0.455. The molecule has 1 aromatic heterocycles. The Labute approximate surface area is 110 Å². The molecule has 0 radical (unpaired) electrons. The maximum absolute atomic E-state index is 4.31.